The topological polar surface area (TPSA) is 50.3 Å². The molecule has 0 saturated carbocycles. The van der Waals surface area contributed by atoms with Gasteiger partial charge in [-0.1, -0.05) is 0 Å². The highest BCUT2D eigenvalue weighted by molar-refractivity contribution is 6.08. The SMILES string of the molecule is CC(CN1CCOCC1)n1c2c[nH]c(CF)cc2c2ccc(=O)cc21. The number of aromatic nitrogens is 2. The van der Waals surface area contributed by atoms with Gasteiger partial charge in [0.15, 0.2) is 5.43 Å². The molecule has 3 aromatic rings. The highest BCUT2D eigenvalue weighted by Gasteiger charge is 2.19. The maximum absolute atomic E-state index is 13.1. The van der Waals surface area contributed by atoms with Gasteiger partial charge in [0, 0.05) is 54.4 Å². The normalized spacial score (nSPS) is 17.4. The zero-order valence-electron chi connectivity index (χ0n) is 14.3. The molecule has 5 nitrogen and oxygen atoms in total. The number of hydrogen-bond acceptors (Lipinski definition) is 3. The molecule has 6 heteroatoms. The van der Waals surface area contributed by atoms with Crippen molar-refractivity contribution >= 4 is 21.8 Å². The quantitative estimate of drug-likeness (QED) is 0.792. The van der Waals surface area contributed by atoms with E-state index < -0.39 is 6.67 Å². The molecule has 0 bridgehead atoms. The summed E-state index contributed by atoms with van der Waals surface area (Å²) >= 11 is 0. The van der Waals surface area contributed by atoms with Crippen LogP contribution in [-0.4, -0.2) is 47.3 Å². The summed E-state index contributed by atoms with van der Waals surface area (Å²) in [6.07, 6.45) is 1.85. The Bertz CT molecular complexity index is 956. The third-order valence-corrected chi connectivity index (χ3v) is 4.98. The van der Waals surface area contributed by atoms with Crippen LogP contribution in [0.5, 0.6) is 0 Å². The van der Waals surface area contributed by atoms with Crippen molar-refractivity contribution in [3.05, 3.63) is 46.4 Å². The molecule has 4 rings (SSSR count). The fourth-order valence-electron chi connectivity index (χ4n) is 3.80. The summed E-state index contributed by atoms with van der Waals surface area (Å²) in [5, 5.41) is 1.97. The van der Waals surface area contributed by atoms with E-state index in [1.54, 1.807) is 12.1 Å². The Hall–Kier alpha value is -2.18. The highest BCUT2D eigenvalue weighted by atomic mass is 19.1. The van der Waals surface area contributed by atoms with Crippen LogP contribution in [0.1, 0.15) is 18.7 Å². The van der Waals surface area contributed by atoms with Gasteiger partial charge >= 0.3 is 0 Å². The molecule has 0 spiro atoms. The average Bonchev–Trinajstić information content (AvgIpc) is 2.95. The summed E-state index contributed by atoms with van der Waals surface area (Å²) in [6.45, 7) is 5.88. The molecule has 1 unspecified atom stereocenters. The summed E-state index contributed by atoms with van der Waals surface area (Å²) in [7, 11) is 0. The lowest BCUT2D eigenvalue weighted by Crippen LogP contribution is -2.39. The first-order chi connectivity index (χ1) is 12.2. The lowest BCUT2D eigenvalue weighted by molar-refractivity contribution is 0.0330. The molecule has 0 radical (unpaired) electrons. The predicted octanol–water partition coefficient (Wildman–Crippen LogP) is 2.85. The van der Waals surface area contributed by atoms with Crippen molar-refractivity contribution < 1.29 is 9.13 Å². The Morgan fingerprint density at radius 2 is 2.00 bits per heavy atom. The number of ether oxygens (including phenoxy) is 1. The number of aromatic amines is 1. The van der Waals surface area contributed by atoms with E-state index in [1.165, 1.54) is 0 Å². The van der Waals surface area contributed by atoms with Gasteiger partial charge in [-0.05, 0) is 25.1 Å². The second-order valence-corrected chi connectivity index (χ2v) is 6.70. The van der Waals surface area contributed by atoms with Gasteiger partial charge in [0.1, 0.15) is 6.67 Å². The van der Waals surface area contributed by atoms with Crippen molar-refractivity contribution in [2.75, 3.05) is 32.8 Å². The van der Waals surface area contributed by atoms with Crippen LogP contribution < -0.4 is 5.43 Å². The largest absolute Gasteiger partial charge is 0.379 e. The standard InChI is InChI=1S/C19H22FN3O2/c1-13(12-22-4-6-25-7-5-22)23-18-9-15(24)2-3-16(18)17-8-14(10-20)21-11-19(17)23/h2-3,8-9,11,13,21H,4-7,10,12H2,1H3. The number of hydrogen-bond donors (Lipinski definition) is 1. The van der Waals surface area contributed by atoms with Crippen LogP contribution in [0.3, 0.4) is 0 Å². The summed E-state index contributed by atoms with van der Waals surface area (Å²) < 4.78 is 20.7. The fourth-order valence-corrected chi connectivity index (χ4v) is 3.80. The van der Waals surface area contributed by atoms with E-state index in [-0.39, 0.29) is 11.5 Å². The van der Waals surface area contributed by atoms with E-state index in [1.807, 2.05) is 18.3 Å². The van der Waals surface area contributed by atoms with Crippen molar-refractivity contribution in [1.29, 1.82) is 0 Å². The molecule has 1 aliphatic rings. The van der Waals surface area contributed by atoms with Crippen LogP contribution >= 0.6 is 0 Å². The maximum Gasteiger partial charge on any atom is 0.180 e. The number of alkyl halides is 1. The van der Waals surface area contributed by atoms with Gasteiger partial charge in [-0.2, -0.15) is 0 Å². The lowest BCUT2D eigenvalue weighted by atomic mass is 10.1. The van der Waals surface area contributed by atoms with E-state index in [0.29, 0.717) is 5.69 Å². The summed E-state index contributed by atoms with van der Waals surface area (Å²) in [5.74, 6) is 0. The second-order valence-electron chi connectivity index (χ2n) is 6.70. The van der Waals surface area contributed by atoms with Crippen LogP contribution in [0, 0.1) is 0 Å². The van der Waals surface area contributed by atoms with Gasteiger partial charge in [0.25, 0.3) is 0 Å². The molecular weight excluding hydrogens is 321 g/mol. The zero-order valence-corrected chi connectivity index (χ0v) is 14.3. The Morgan fingerprint density at radius 1 is 1.20 bits per heavy atom. The number of pyridine rings is 1. The minimum Gasteiger partial charge on any atom is -0.379 e. The molecule has 1 fully saturated rings. The van der Waals surface area contributed by atoms with Gasteiger partial charge in [-0.15, -0.1) is 0 Å². The number of benzene rings is 1. The molecule has 0 aliphatic carbocycles. The Kier molecular flexibility index (Phi) is 4.31. The second kappa shape index (κ2) is 6.61. The fraction of sp³-hybridized carbons (Fsp3) is 0.421. The van der Waals surface area contributed by atoms with E-state index in [0.717, 1.165) is 54.7 Å². The molecule has 1 aromatic carbocycles. The molecule has 1 saturated heterocycles. The average molecular weight is 343 g/mol. The maximum atomic E-state index is 13.1. The van der Waals surface area contributed by atoms with Crippen LogP contribution in [0.15, 0.2) is 35.3 Å². The molecule has 2 aromatic heterocycles. The first-order valence-corrected chi connectivity index (χ1v) is 8.68. The van der Waals surface area contributed by atoms with Gasteiger partial charge in [-0.25, -0.2) is 4.39 Å². The molecule has 1 atom stereocenters. The number of morpholine rings is 1. The molecule has 1 N–H and O–H groups in total. The Labute approximate surface area is 145 Å². The molecule has 132 valence electrons. The minimum absolute atomic E-state index is 0.00942. The predicted molar refractivity (Wildman–Crippen MR) is 96.8 cm³/mol. The Balaban J connectivity index is 1.84. The third kappa shape index (κ3) is 2.96. The number of nitrogens with one attached hydrogen (secondary N) is 1. The van der Waals surface area contributed by atoms with Crippen molar-refractivity contribution in [2.24, 2.45) is 0 Å². The van der Waals surface area contributed by atoms with E-state index >= 15 is 0 Å². The van der Waals surface area contributed by atoms with Crippen LogP contribution in [0.25, 0.3) is 21.8 Å². The number of nitrogens with zero attached hydrogens (tertiary/aromatic N) is 2. The van der Waals surface area contributed by atoms with Crippen molar-refractivity contribution in [3.63, 3.8) is 0 Å². The number of halogens is 1. The summed E-state index contributed by atoms with van der Waals surface area (Å²) in [6, 6.07) is 7.13. The lowest BCUT2D eigenvalue weighted by Gasteiger charge is -2.30. The zero-order chi connectivity index (χ0) is 17.4. The van der Waals surface area contributed by atoms with Crippen molar-refractivity contribution in [3.8, 4) is 0 Å². The van der Waals surface area contributed by atoms with Crippen LogP contribution in [0.2, 0.25) is 0 Å². The molecular formula is C19H22FN3O2. The molecule has 25 heavy (non-hydrogen) atoms. The molecule has 3 heterocycles. The van der Waals surface area contributed by atoms with Crippen molar-refractivity contribution in [1.82, 2.24) is 14.5 Å². The Morgan fingerprint density at radius 3 is 2.76 bits per heavy atom. The van der Waals surface area contributed by atoms with E-state index in [9.17, 15) is 9.18 Å². The van der Waals surface area contributed by atoms with Crippen LogP contribution in [0.4, 0.5) is 4.39 Å². The number of H-pyrrole nitrogens is 1. The first kappa shape index (κ1) is 16.3. The van der Waals surface area contributed by atoms with Crippen LogP contribution in [-0.2, 0) is 11.4 Å². The monoisotopic (exact) mass is 343 g/mol. The van der Waals surface area contributed by atoms with E-state index in [4.69, 9.17) is 4.74 Å². The molecule has 1 aliphatic heterocycles. The highest BCUT2D eigenvalue weighted by Crippen LogP contribution is 2.31. The summed E-state index contributed by atoms with van der Waals surface area (Å²) in [5.41, 5.74) is 2.44. The van der Waals surface area contributed by atoms with Gasteiger partial charge in [0.05, 0.1) is 24.2 Å². The smallest absolute Gasteiger partial charge is 0.180 e. The van der Waals surface area contributed by atoms with Gasteiger partial charge in [-0.3, -0.25) is 9.69 Å². The number of rotatable bonds is 4. The summed E-state index contributed by atoms with van der Waals surface area (Å²) in [4.78, 5) is 17.3. The number of fused-ring (bicyclic) bond motifs is 3. The van der Waals surface area contributed by atoms with Gasteiger partial charge in [0.2, 0.25) is 0 Å². The minimum atomic E-state index is -0.536. The molecule has 0 amide bonds. The van der Waals surface area contributed by atoms with Crippen molar-refractivity contribution in [2.45, 2.75) is 19.6 Å². The van der Waals surface area contributed by atoms with Gasteiger partial charge < -0.3 is 14.3 Å². The third-order valence-electron chi connectivity index (χ3n) is 4.98. The first-order valence-electron chi connectivity index (χ1n) is 8.68. The van der Waals surface area contributed by atoms with E-state index in [2.05, 4.69) is 21.4 Å².